The molecule has 0 bridgehead atoms. The van der Waals surface area contributed by atoms with Crippen molar-refractivity contribution in [3.05, 3.63) is 69.0 Å². The molecular weight excluding hydrogens is 331 g/mol. The van der Waals surface area contributed by atoms with Crippen LogP contribution in [-0.4, -0.2) is 5.11 Å². The maximum absolute atomic E-state index is 13.7. The molecule has 0 radical (unpaired) electrons. The molecule has 0 fully saturated rings. The zero-order valence-corrected chi connectivity index (χ0v) is 11.8. The Kier molecular flexibility index (Phi) is 4.46. The lowest BCUT2D eigenvalue weighted by Crippen LogP contribution is -2.09. The highest BCUT2D eigenvalue weighted by Gasteiger charge is 2.32. The van der Waals surface area contributed by atoms with Crippen molar-refractivity contribution in [3.63, 3.8) is 0 Å². The van der Waals surface area contributed by atoms with Gasteiger partial charge >= 0.3 is 6.18 Å². The highest BCUT2D eigenvalue weighted by atomic mass is 35.5. The Morgan fingerprint density at radius 1 is 0.952 bits per heavy atom. The molecule has 1 N–H and O–H groups in total. The molecule has 0 aromatic heterocycles. The SMILES string of the molecule is OC(c1cc(C(F)(F)F)ccc1F)c1cc(Cl)ccc1Cl. The Bertz CT molecular complexity index is 671. The summed E-state index contributed by atoms with van der Waals surface area (Å²) in [6.07, 6.45) is -6.29. The first kappa shape index (κ1) is 16.1. The van der Waals surface area contributed by atoms with Gasteiger partial charge in [-0.1, -0.05) is 23.2 Å². The average molecular weight is 339 g/mol. The van der Waals surface area contributed by atoms with Crippen LogP contribution in [0.15, 0.2) is 36.4 Å². The molecule has 1 nitrogen and oxygen atoms in total. The molecule has 1 atom stereocenters. The van der Waals surface area contributed by atoms with Crippen LogP contribution in [0, 0.1) is 5.82 Å². The monoisotopic (exact) mass is 338 g/mol. The van der Waals surface area contributed by atoms with Gasteiger partial charge in [-0.2, -0.15) is 13.2 Å². The molecule has 2 rings (SSSR count). The van der Waals surface area contributed by atoms with E-state index in [-0.39, 0.29) is 15.6 Å². The van der Waals surface area contributed by atoms with Gasteiger partial charge < -0.3 is 5.11 Å². The Morgan fingerprint density at radius 2 is 1.62 bits per heavy atom. The highest BCUT2D eigenvalue weighted by molar-refractivity contribution is 6.33. The minimum Gasteiger partial charge on any atom is -0.383 e. The first-order valence-corrected chi connectivity index (χ1v) is 6.45. The molecule has 0 spiro atoms. The predicted octanol–water partition coefficient (Wildman–Crippen LogP) is 5.23. The van der Waals surface area contributed by atoms with Crippen LogP contribution >= 0.6 is 23.2 Å². The van der Waals surface area contributed by atoms with Crippen LogP contribution in [0.25, 0.3) is 0 Å². The van der Waals surface area contributed by atoms with Gasteiger partial charge in [-0.3, -0.25) is 0 Å². The lowest BCUT2D eigenvalue weighted by Gasteiger charge is -2.16. The van der Waals surface area contributed by atoms with Crippen molar-refractivity contribution in [2.24, 2.45) is 0 Å². The largest absolute Gasteiger partial charge is 0.416 e. The second-order valence-electron chi connectivity index (χ2n) is 4.30. The van der Waals surface area contributed by atoms with Gasteiger partial charge in [0, 0.05) is 21.2 Å². The number of hydrogen-bond donors (Lipinski definition) is 1. The lowest BCUT2D eigenvalue weighted by molar-refractivity contribution is -0.137. The molecule has 7 heteroatoms. The Labute approximate surface area is 127 Å². The molecule has 0 saturated heterocycles. The summed E-state index contributed by atoms with van der Waals surface area (Å²) < 4.78 is 51.7. The van der Waals surface area contributed by atoms with E-state index in [2.05, 4.69) is 0 Å². The van der Waals surface area contributed by atoms with Gasteiger partial charge in [-0.25, -0.2) is 4.39 Å². The van der Waals surface area contributed by atoms with Crippen LogP contribution in [0.3, 0.4) is 0 Å². The van der Waals surface area contributed by atoms with E-state index in [9.17, 15) is 22.7 Å². The lowest BCUT2D eigenvalue weighted by atomic mass is 9.99. The number of benzene rings is 2. The van der Waals surface area contributed by atoms with Crippen molar-refractivity contribution in [1.29, 1.82) is 0 Å². The van der Waals surface area contributed by atoms with Gasteiger partial charge in [0.05, 0.1) is 5.56 Å². The number of rotatable bonds is 2. The Balaban J connectivity index is 2.52. The van der Waals surface area contributed by atoms with E-state index in [1.54, 1.807) is 0 Å². The second kappa shape index (κ2) is 5.83. The molecule has 0 saturated carbocycles. The summed E-state index contributed by atoms with van der Waals surface area (Å²) >= 11 is 11.6. The molecule has 0 heterocycles. The van der Waals surface area contributed by atoms with E-state index in [4.69, 9.17) is 23.2 Å². The third kappa shape index (κ3) is 3.48. The van der Waals surface area contributed by atoms with E-state index >= 15 is 0 Å². The van der Waals surface area contributed by atoms with Gasteiger partial charge in [0.25, 0.3) is 0 Å². The third-order valence-corrected chi connectivity index (χ3v) is 3.45. The summed E-state index contributed by atoms with van der Waals surface area (Å²) in [6.45, 7) is 0. The topological polar surface area (TPSA) is 20.2 Å². The van der Waals surface area contributed by atoms with E-state index < -0.39 is 29.2 Å². The summed E-state index contributed by atoms with van der Waals surface area (Å²) in [5.41, 5.74) is -1.55. The average Bonchev–Trinajstić information content (AvgIpc) is 2.40. The summed E-state index contributed by atoms with van der Waals surface area (Å²) in [5.74, 6) is -0.966. The highest BCUT2D eigenvalue weighted by Crippen LogP contribution is 2.35. The minimum atomic E-state index is -4.64. The van der Waals surface area contributed by atoms with Gasteiger partial charge in [0.1, 0.15) is 11.9 Å². The van der Waals surface area contributed by atoms with E-state index in [1.165, 1.54) is 18.2 Å². The molecule has 21 heavy (non-hydrogen) atoms. The number of halogens is 6. The zero-order chi connectivity index (χ0) is 15.8. The number of alkyl halides is 3. The minimum absolute atomic E-state index is 0.0300. The van der Waals surface area contributed by atoms with Crippen LogP contribution < -0.4 is 0 Å². The Hall–Kier alpha value is -1.30. The Morgan fingerprint density at radius 3 is 2.24 bits per heavy atom. The molecule has 0 aliphatic heterocycles. The predicted molar refractivity (Wildman–Crippen MR) is 71.9 cm³/mol. The van der Waals surface area contributed by atoms with Gasteiger partial charge in [-0.05, 0) is 36.4 Å². The molecule has 0 aliphatic rings. The smallest absolute Gasteiger partial charge is 0.383 e. The molecule has 0 aliphatic carbocycles. The van der Waals surface area contributed by atoms with Crippen molar-refractivity contribution in [3.8, 4) is 0 Å². The van der Waals surface area contributed by atoms with E-state index in [1.807, 2.05) is 0 Å². The van der Waals surface area contributed by atoms with Gasteiger partial charge in [-0.15, -0.1) is 0 Å². The molecule has 2 aromatic rings. The summed E-state index contributed by atoms with van der Waals surface area (Å²) in [6, 6.07) is 5.90. The summed E-state index contributed by atoms with van der Waals surface area (Å²) in [4.78, 5) is 0. The van der Waals surface area contributed by atoms with Crippen molar-refractivity contribution in [2.75, 3.05) is 0 Å². The van der Waals surface area contributed by atoms with Crippen molar-refractivity contribution in [1.82, 2.24) is 0 Å². The van der Waals surface area contributed by atoms with Crippen LogP contribution in [0.1, 0.15) is 22.8 Å². The van der Waals surface area contributed by atoms with Crippen molar-refractivity contribution < 1.29 is 22.7 Å². The summed E-state index contributed by atoms with van der Waals surface area (Å²) in [5, 5.41) is 10.4. The van der Waals surface area contributed by atoms with Gasteiger partial charge in [0.2, 0.25) is 0 Å². The maximum Gasteiger partial charge on any atom is 0.416 e. The molecule has 2 aromatic carbocycles. The number of hydrogen-bond acceptors (Lipinski definition) is 1. The van der Waals surface area contributed by atoms with Crippen LogP contribution in [0.4, 0.5) is 17.6 Å². The molecule has 112 valence electrons. The first-order valence-electron chi connectivity index (χ1n) is 5.70. The van der Waals surface area contributed by atoms with Crippen LogP contribution in [-0.2, 0) is 6.18 Å². The second-order valence-corrected chi connectivity index (χ2v) is 5.15. The third-order valence-electron chi connectivity index (χ3n) is 2.87. The standard InChI is InChI=1S/C14H8Cl2F4O/c15-8-2-3-11(16)9(6-8)13(21)10-5-7(14(18,19)20)1-4-12(10)17/h1-6,13,21H. The fourth-order valence-corrected chi connectivity index (χ4v) is 2.22. The molecule has 0 amide bonds. The quantitative estimate of drug-likeness (QED) is 0.743. The molecular formula is C14H8Cl2F4O. The summed E-state index contributed by atoms with van der Waals surface area (Å²) in [7, 11) is 0. The first-order chi connectivity index (χ1) is 9.70. The number of aliphatic hydroxyl groups excluding tert-OH is 1. The van der Waals surface area contributed by atoms with Crippen LogP contribution in [0.5, 0.6) is 0 Å². The number of aliphatic hydroxyl groups is 1. The van der Waals surface area contributed by atoms with Gasteiger partial charge in [0.15, 0.2) is 0 Å². The molecule has 1 unspecified atom stereocenters. The maximum atomic E-state index is 13.7. The van der Waals surface area contributed by atoms with E-state index in [0.717, 1.165) is 0 Å². The van der Waals surface area contributed by atoms with Crippen molar-refractivity contribution in [2.45, 2.75) is 12.3 Å². The van der Waals surface area contributed by atoms with Crippen LogP contribution in [0.2, 0.25) is 10.0 Å². The fourth-order valence-electron chi connectivity index (χ4n) is 1.82. The van der Waals surface area contributed by atoms with Crippen molar-refractivity contribution >= 4 is 23.2 Å². The fraction of sp³-hybridized carbons (Fsp3) is 0.143. The normalized spacial score (nSPS) is 13.3. The zero-order valence-electron chi connectivity index (χ0n) is 10.3. The van der Waals surface area contributed by atoms with E-state index in [0.29, 0.717) is 18.2 Å².